The number of aromatic hydroxyl groups is 1. The van der Waals surface area contributed by atoms with Gasteiger partial charge in [0.2, 0.25) is 0 Å². The van der Waals surface area contributed by atoms with Crippen molar-refractivity contribution in [2.75, 3.05) is 6.54 Å². The number of hydrogen-bond donors (Lipinski definition) is 1. The van der Waals surface area contributed by atoms with Crippen LogP contribution in [0.5, 0.6) is 5.75 Å². The monoisotopic (exact) mass is 333 g/mol. The molecule has 1 aliphatic heterocycles. The Morgan fingerprint density at radius 3 is 2.86 bits per heavy atom. The molecular formula is C15H11NO4S2. The SMILES string of the molecule is CCN1C(=O)C(=Cc2coc3cc(O)ccc3c2=O)SC1=S. The number of rotatable bonds is 2. The molecule has 1 aromatic carbocycles. The summed E-state index contributed by atoms with van der Waals surface area (Å²) >= 11 is 6.30. The highest BCUT2D eigenvalue weighted by atomic mass is 32.2. The van der Waals surface area contributed by atoms with E-state index in [1.807, 2.05) is 6.92 Å². The fraction of sp³-hybridized carbons (Fsp3) is 0.133. The van der Waals surface area contributed by atoms with Gasteiger partial charge in [0, 0.05) is 12.6 Å². The van der Waals surface area contributed by atoms with E-state index in [1.54, 1.807) is 0 Å². The van der Waals surface area contributed by atoms with Crippen molar-refractivity contribution in [1.29, 1.82) is 0 Å². The van der Waals surface area contributed by atoms with Gasteiger partial charge in [-0.2, -0.15) is 0 Å². The first-order chi connectivity index (χ1) is 10.5. The number of hydrogen-bond acceptors (Lipinski definition) is 6. The molecule has 0 radical (unpaired) electrons. The van der Waals surface area contributed by atoms with Gasteiger partial charge in [0.05, 0.1) is 15.9 Å². The highest BCUT2D eigenvalue weighted by Gasteiger charge is 2.30. The van der Waals surface area contributed by atoms with Crippen LogP contribution in [0.3, 0.4) is 0 Å². The van der Waals surface area contributed by atoms with Crippen molar-refractivity contribution in [3.05, 3.63) is 45.2 Å². The lowest BCUT2D eigenvalue weighted by Gasteiger charge is -2.09. The van der Waals surface area contributed by atoms with E-state index >= 15 is 0 Å². The van der Waals surface area contributed by atoms with Gasteiger partial charge < -0.3 is 9.52 Å². The Bertz CT molecular complexity index is 885. The molecule has 1 aliphatic rings. The zero-order valence-corrected chi connectivity index (χ0v) is 13.2. The largest absolute Gasteiger partial charge is 0.508 e. The maximum absolute atomic E-state index is 12.4. The van der Waals surface area contributed by atoms with Gasteiger partial charge in [0.25, 0.3) is 5.91 Å². The molecule has 1 aromatic heterocycles. The Balaban J connectivity index is 2.09. The summed E-state index contributed by atoms with van der Waals surface area (Å²) in [7, 11) is 0. The summed E-state index contributed by atoms with van der Waals surface area (Å²) in [6.07, 6.45) is 2.77. The van der Waals surface area contributed by atoms with Crippen LogP contribution < -0.4 is 5.43 Å². The Hall–Kier alpha value is -2.12. The lowest BCUT2D eigenvalue weighted by molar-refractivity contribution is -0.121. The molecule has 0 aliphatic carbocycles. The van der Waals surface area contributed by atoms with E-state index in [0.717, 1.165) is 0 Å². The molecular weight excluding hydrogens is 322 g/mol. The molecule has 0 bridgehead atoms. The van der Waals surface area contributed by atoms with E-state index in [9.17, 15) is 14.7 Å². The number of thioether (sulfide) groups is 1. The van der Waals surface area contributed by atoms with Crippen molar-refractivity contribution in [3.63, 3.8) is 0 Å². The predicted octanol–water partition coefficient (Wildman–Crippen LogP) is 2.72. The first-order valence-corrected chi connectivity index (χ1v) is 7.73. The first kappa shape index (κ1) is 14.8. The molecule has 0 unspecified atom stereocenters. The molecule has 2 heterocycles. The second-order valence-corrected chi connectivity index (χ2v) is 6.30. The maximum atomic E-state index is 12.4. The average molecular weight is 333 g/mol. The lowest BCUT2D eigenvalue weighted by atomic mass is 10.1. The second kappa shape index (κ2) is 5.58. The Kier molecular flexibility index (Phi) is 3.76. The van der Waals surface area contributed by atoms with Crippen molar-refractivity contribution in [2.45, 2.75) is 6.92 Å². The molecule has 7 heteroatoms. The number of benzene rings is 1. The number of fused-ring (bicyclic) bond motifs is 1. The number of amides is 1. The zero-order chi connectivity index (χ0) is 15.9. The van der Waals surface area contributed by atoms with E-state index < -0.39 is 0 Å². The maximum Gasteiger partial charge on any atom is 0.266 e. The number of nitrogens with zero attached hydrogens (tertiary/aromatic N) is 1. The second-order valence-electron chi connectivity index (χ2n) is 4.63. The van der Waals surface area contributed by atoms with E-state index in [1.165, 1.54) is 47.2 Å². The third-order valence-corrected chi connectivity index (χ3v) is 4.64. The van der Waals surface area contributed by atoms with Crippen molar-refractivity contribution < 1.29 is 14.3 Å². The summed E-state index contributed by atoms with van der Waals surface area (Å²) in [5.41, 5.74) is 0.307. The molecule has 0 atom stereocenters. The third kappa shape index (κ3) is 2.42. The van der Waals surface area contributed by atoms with Crippen LogP contribution in [0.25, 0.3) is 17.0 Å². The minimum atomic E-state index is -0.261. The van der Waals surface area contributed by atoms with Crippen molar-refractivity contribution >= 4 is 51.3 Å². The number of phenolic OH excluding ortho intramolecular Hbond substituents is 1. The fourth-order valence-corrected chi connectivity index (χ4v) is 3.52. The summed E-state index contributed by atoms with van der Waals surface area (Å²) in [4.78, 5) is 26.4. The van der Waals surface area contributed by atoms with Crippen LogP contribution >= 0.6 is 24.0 Å². The molecule has 2 aromatic rings. The summed E-state index contributed by atoms with van der Waals surface area (Å²) < 4.78 is 5.84. The molecule has 112 valence electrons. The smallest absolute Gasteiger partial charge is 0.266 e. The summed E-state index contributed by atoms with van der Waals surface area (Å²) in [5, 5.41) is 9.74. The standard InChI is InChI=1S/C15H11NO4S2/c1-2-16-14(19)12(22-15(16)21)5-8-7-20-11-6-9(17)3-4-10(11)13(8)18/h3-7,17H,2H2,1H3. The van der Waals surface area contributed by atoms with Gasteiger partial charge >= 0.3 is 0 Å². The van der Waals surface area contributed by atoms with Crippen LogP contribution in [0.4, 0.5) is 0 Å². The molecule has 0 saturated carbocycles. The molecule has 1 amide bonds. The first-order valence-electron chi connectivity index (χ1n) is 6.51. The van der Waals surface area contributed by atoms with Crippen molar-refractivity contribution in [3.8, 4) is 5.75 Å². The molecule has 3 rings (SSSR count). The number of likely N-dealkylation sites (N-methyl/N-ethyl adjacent to an activating group) is 1. The van der Waals surface area contributed by atoms with Crippen LogP contribution in [0, 0.1) is 0 Å². The average Bonchev–Trinajstić information content (AvgIpc) is 2.75. The van der Waals surface area contributed by atoms with E-state index in [-0.39, 0.29) is 22.6 Å². The van der Waals surface area contributed by atoms with Gasteiger partial charge in [0.15, 0.2) is 5.43 Å². The minimum absolute atomic E-state index is 0.0206. The van der Waals surface area contributed by atoms with Crippen LogP contribution in [-0.4, -0.2) is 26.8 Å². The lowest BCUT2D eigenvalue weighted by Crippen LogP contribution is -2.27. The molecule has 5 nitrogen and oxygen atoms in total. The van der Waals surface area contributed by atoms with Gasteiger partial charge in [-0.3, -0.25) is 14.5 Å². The van der Waals surface area contributed by atoms with Gasteiger partial charge in [-0.15, -0.1) is 0 Å². The van der Waals surface area contributed by atoms with Gasteiger partial charge in [-0.25, -0.2) is 0 Å². The Morgan fingerprint density at radius 1 is 1.41 bits per heavy atom. The van der Waals surface area contributed by atoms with E-state index in [0.29, 0.717) is 26.7 Å². The third-order valence-electron chi connectivity index (χ3n) is 3.26. The number of thiocarbonyl (C=S) groups is 1. The fourth-order valence-electron chi connectivity index (χ4n) is 2.15. The summed E-state index contributed by atoms with van der Waals surface area (Å²) in [6.45, 7) is 2.33. The molecule has 1 fully saturated rings. The highest BCUT2D eigenvalue weighted by Crippen LogP contribution is 2.32. The van der Waals surface area contributed by atoms with Crippen molar-refractivity contribution in [1.82, 2.24) is 4.90 Å². The van der Waals surface area contributed by atoms with Crippen LogP contribution in [-0.2, 0) is 4.79 Å². The zero-order valence-electron chi connectivity index (χ0n) is 11.5. The van der Waals surface area contributed by atoms with E-state index in [4.69, 9.17) is 16.6 Å². The molecule has 1 N–H and O–H groups in total. The van der Waals surface area contributed by atoms with E-state index in [2.05, 4.69) is 0 Å². The van der Waals surface area contributed by atoms with Gasteiger partial charge in [-0.1, -0.05) is 24.0 Å². The molecule has 1 saturated heterocycles. The number of carbonyl (C=O) groups excluding carboxylic acids is 1. The van der Waals surface area contributed by atoms with Gasteiger partial charge in [0.1, 0.15) is 21.9 Å². The summed E-state index contributed by atoms with van der Waals surface area (Å²) in [5.74, 6) is -0.185. The normalized spacial score (nSPS) is 17.0. The molecule has 0 spiro atoms. The topological polar surface area (TPSA) is 70.8 Å². The van der Waals surface area contributed by atoms with Crippen LogP contribution in [0.15, 0.2) is 38.6 Å². The highest BCUT2D eigenvalue weighted by molar-refractivity contribution is 8.26. The quantitative estimate of drug-likeness (QED) is 0.673. The Morgan fingerprint density at radius 2 is 2.18 bits per heavy atom. The minimum Gasteiger partial charge on any atom is -0.508 e. The van der Waals surface area contributed by atoms with Crippen LogP contribution in [0.2, 0.25) is 0 Å². The Labute approximate surface area is 135 Å². The summed E-state index contributed by atoms with van der Waals surface area (Å²) in [6, 6.07) is 4.28. The van der Waals surface area contributed by atoms with Crippen LogP contribution in [0.1, 0.15) is 12.5 Å². The number of phenols is 1. The van der Waals surface area contributed by atoms with Crippen molar-refractivity contribution in [2.24, 2.45) is 0 Å². The predicted molar refractivity (Wildman–Crippen MR) is 89.7 cm³/mol. The van der Waals surface area contributed by atoms with Gasteiger partial charge in [-0.05, 0) is 25.1 Å². The number of carbonyl (C=O) groups is 1. The molecule has 22 heavy (non-hydrogen) atoms.